The zero-order chi connectivity index (χ0) is 13.0. The summed E-state index contributed by atoms with van der Waals surface area (Å²) in [5, 5.41) is 3.33. The van der Waals surface area contributed by atoms with E-state index < -0.39 is 0 Å². The third-order valence-electron chi connectivity index (χ3n) is 3.72. The van der Waals surface area contributed by atoms with Crippen molar-refractivity contribution < 1.29 is 0 Å². The Morgan fingerprint density at radius 3 is 2.89 bits per heavy atom. The number of nitrogens with zero attached hydrogens (tertiary/aromatic N) is 1. The first kappa shape index (κ1) is 13.0. The third-order valence-corrected chi connectivity index (χ3v) is 3.72. The van der Waals surface area contributed by atoms with Crippen LogP contribution in [0, 0.1) is 11.8 Å². The molecule has 1 aromatic carbocycles. The smallest absolute Gasteiger partial charge is 0.118 e. The van der Waals surface area contributed by atoms with Crippen LogP contribution in [0.2, 0.25) is 0 Å². The summed E-state index contributed by atoms with van der Waals surface area (Å²) in [4.78, 5) is 11.0. The molecule has 2 rings (SSSR count). The molecule has 0 aromatic heterocycles. The Morgan fingerprint density at radius 1 is 1.39 bits per heavy atom. The van der Waals surface area contributed by atoms with Crippen LogP contribution in [-0.4, -0.2) is 6.04 Å². The Morgan fingerprint density at radius 2 is 2.22 bits per heavy atom. The number of allylic oxidation sites excluding steroid dienone is 1. The number of rotatable bonds is 5. The largest absolute Gasteiger partial charge is 0.150 e. The molecule has 0 aliphatic heterocycles. The SMILES string of the molecule is CCCCC1=C(c2cccc(C)c2)C(N=O)CC1. The summed E-state index contributed by atoms with van der Waals surface area (Å²) in [6.45, 7) is 4.30. The lowest BCUT2D eigenvalue weighted by Crippen LogP contribution is -2.01. The van der Waals surface area contributed by atoms with E-state index in [1.807, 2.05) is 0 Å². The van der Waals surface area contributed by atoms with Gasteiger partial charge in [0.25, 0.3) is 0 Å². The van der Waals surface area contributed by atoms with Crippen molar-refractivity contribution in [2.24, 2.45) is 5.18 Å². The van der Waals surface area contributed by atoms with Gasteiger partial charge in [0.05, 0.1) is 0 Å². The normalized spacial score (nSPS) is 19.3. The van der Waals surface area contributed by atoms with E-state index in [1.54, 1.807) is 0 Å². The Balaban J connectivity index is 2.36. The van der Waals surface area contributed by atoms with Crippen molar-refractivity contribution in [3.05, 3.63) is 45.9 Å². The van der Waals surface area contributed by atoms with Crippen molar-refractivity contribution in [3.8, 4) is 0 Å². The lowest BCUT2D eigenvalue weighted by atomic mass is 9.96. The number of benzene rings is 1. The molecule has 0 amide bonds. The Hall–Kier alpha value is -1.44. The first-order chi connectivity index (χ1) is 8.76. The number of hydrogen-bond acceptors (Lipinski definition) is 2. The molecule has 0 saturated heterocycles. The zero-order valence-electron chi connectivity index (χ0n) is 11.3. The number of hydrogen-bond donors (Lipinski definition) is 0. The van der Waals surface area contributed by atoms with Gasteiger partial charge in [0.2, 0.25) is 0 Å². The molecule has 1 unspecified atom stereocenters. The molecule has 96 valence electrons. The van der Waals surface area contributed by atoms with Gasteiger partial charge in [-0.25, -0.2) is 0 Å². The van der Waals surface area contributed by atoms with Gasteiger partial charge in [0.15, 0.2) is 0 Å². The first-order valence-electron chi connectivity index (χ1n) is 6.87. The van der Waals surface area contributed by atoms with Crippen molar-refractivity contribution in [1.82, 2.24) is 0 Å². The van der Waals surface area contributed by atoms with Crippen LogP contribution >= 0.6 is 0 Å². The van der Waals surface area contributed by atoms with E-state index in [9.17, 15) is 4.91 Å². The highest BCUT2D eigenvalue weighted by Crippen LogP contribution is 2.38. The molecule has 0 bridgehead atoms. The molecule has 1 aliphatic rings. The van der Waals surface area contributed by atoms with Crippen LogP contribution in [0.4, 0.5) is 0 Å². The summed E-state index contributed by atoms with van der Waals surface area (Å²) < 4.78 is 0. The minimum absolute atomic E-state index is 0.126. The second-order valence-electron chi connectivity index (χ2n) is 5.15. The molecule has 0 spiro atoms. The molecule has 0 N–H and O–H groups in total. The van der Waals surface area contributed by atoms with Crippen LogP contribution in [0.3, 0.4) is 0 Å². The number of aryl methyl sites for hydroxylation is 1. The molecule has 18 heavy (non-hydrogen) atoms. The highest BCUT2D eigenvalue weighted by Gasteiger charge is 2.26. The van der Waals surface area contributed by atoms with E-state index in [1.165, 1.54) is 35.1 Å². The molecule has 0 radical (unpaired) electrons. The first-order valence-corrected chi connectivity index (χ1v) is 6.87. The topological polar surface area (TPSA) is 29.4 Å². The lowest BCUT2D eigenvalue weighted by Gasteiger charge is -2.11. The van der Waals surface area contributed by atoms with Gasteiger partial charge in [0.1, 0.15) is 6.04 Å². The van der Waals surface area contributed by atoms with E-state index in [2.05, 4.69) is 43.3 Å². The van der Waals surface area contributed by atoms with Gasteiger partial charge in [-0.05, 0) is 43.7 Å². The van der Waals surface area contributed by atoms with Crippen LogP contribution in [0.5, 0.6) is 0 Å². The van der Waals surface area contributed by atoms with Crippen LogP contribution in [-0.2, 0) is 0 Å². The molecule has 1 aliphatic carbocycles. The Bertz CT molecular complexity index is 462. The van der Waals surface area contributed by atoms with Gasteiger partial charge in [-0.2, -0.15) is 4.91 Å². The van der Waals surface area contributed by atoms with E-state index in [4.69, 9.17) is 0 Å². The maximum absolute atomic E-state index is 11.0. The maximum Gasteiger partial charge on any atom is 0.118 e. The van der Waals surface area contributed by atoms with Crippen molar-refractivity contribution >= 4 is 5.57 Å². The van der Waals surface area contributed by atoms with E-state index >= 15 is 0 Å². The predicted molar refractivity (Wildman–Crippen MR) is 76.4 cm³/mol. The van der Waals surface area contributed by atoms with Gasteiger partial charge in [-0.15, -0.1) is 0 Å². The maximum atomic E-state index is 11.0. The van der Waals surface area contributed by atoms with Crippen LogP contribution in [0.25, 0.3) is 5.57 Å². The molecule has 0 saturated carbocycles. The third kappa shape index (κ3) is 2.69. The number of unbranched alkanes of at least 4 members (excludes halogenated alkanes) is 1. The average molecular weight is 243 g/mol. The quantitative estimate of drug-likeness (QED) is 0.678. The Kier molecular flexibility index (Phi) is 4.29. The Labute approximate surface area is 109 Å². The molecule has 2 nitrogen and oxygen atoms in total. The summed E-state index contributed by atoms with van der Waals surface area (Å²) in [5.74, 6) is 0. The predicted octanol–water partition coefficient (Wildman–Crippen LogP) is 4.87. The summed E-state index contributed by atoms with van der Waals surface area (Å²) >= 11 is 0. The van der Waals surface area contributed by atoms with Crippen molar-refractivity contribution in [3.63, 3.8) is 0 Å². The lowest BCUT2D eigenvalue weighted by molar-refractivity contribution is 0.737. The molecule has 0 heterocycles. The van der Waals surface area contributed by atoms with Gasteiger partial charge in [-0.3, -0.25) is 0 Å². The standard InChI is InChI=1S/C16H21NO/c1-3-4-7-13-9-10-15(17-18)16(13)14-8-5-6-12(2)11-14/h5-6,8,11,15H,3-4,7,9-10H2,1-2H3. The molecule has 1 atom stereocenters. The van der Waals surface area contributed by atoms with Gasteiger partial charge >= 0.3 is 0 Å². The summed E-state index contributed by atoms with van der Waals surface area (Å²) in [6, 6.07) is 8.31. The minimum atomic E-state index is -0.126. The van der Waals surface area contributed by atoms with E-state index in [-0.39, 0.29) is 6.04 Å². The van der Waals surface area contributed by atoms with Gasteiger partial charge in [0, 0.05) is 0 Å². The fourth-order valence-electron chi connectivity index (χ4n) is 2.79. The molecule has 1 aromatic rings. The number of nitroso groups, excluding NO2 is 1. The summed E-state index contributed by atoms with van der Waals surface area (Å²) in [5.41, 5.74) is 5.10. The van der Waals surface area contributed by atoms with Crippen molar-refractivity contribution in [1.29, 1.82) is 0 Å². The van der Waals surface area contributed by atoms with Crippen molar-refractivity contribution in [2.45, 2.75) is 52.0 Å². The van der Waals surface area contributed by atoms with Gasteiger partial charge < -0.3 is 0 Å². The molecular formula is C16H21NO. The fraction of sp³-hybridized carbons (Fsp3) is 0.500. The molecule has 2 heteroatoms. The highest BCUT2D eigenvalue weighted by molar-refractivity contribution is 5.75. The summed E-state index contributed by atoms with van der Waals surface area (Å²) in [6.07, 6.45) is 5.46. The fourth-order valence-corrected chi connectivity index (χ4v) is 2.79. The van der Waals surface area contributed by atoms with Crippen LogP contribution < -0.4 is 0 Å². The zero-order valence-corrected chi connectivity index (χ0v) is 11.3. The van der Waals surface area contributed by atoms with Crippen LogP contribution in [0.1, 0.15) is 50.2 Å². The van der Waals surface area contributed by atoms with Gasteiger partial charge in [-0.1, -0.05) is 53.9 Å². The molecule has 0 fully saturated rings. The average Bonchev–Trinajstić information content (AvgIpc) is 2.79. The minimum Gasteiger partial charge on any atom is -0.150 e. The van der Waals surface area contributed by atoms with Crippen molar-refractivity contribution in [2.75, 3.05) is 0 Å². The highest BCUT2D eigenvalue weighted by atomic mass is 16.3. The monoisotopic (exact) mass is 243 g/mol. The second kappa shape index (κ2) is 5.94. The van der Waals surface area contributed by atoms with Crippen LogP contribution in [0.15, 0.2) is 35.0 Å². The van der Waals surface area contributed by atoms with E-state index in [0.29, 0.717) is 0 Å². The molecular weight excluding hydrogens is 222 g/mol. The summed E-state index contributed by atoms with van der Waals surface area (Å²) in [7, 11) is 0. The second-order valence-corrected chi connectivity index (χ2v) is 5.15. The van der Waals surface area contributed by atoms with E-state index in [0.717, 1.165) is 19.3 Å².